The van der Waals surface area contributed by atoms with E-state index in [0.29, 0.717) is 34.6 Å². The number of ether oxygens (including phenoxy) is 1. The van der Waals surface area contributed by atoms with Crippen molar-refractivity contribution in [1.82, 2.24) is 0 Å². The Balaban J connectivity index is 1.10. The average Bonchev–Trinajstić information content (AvgIpc) is 2.89. The van der Waals surface area contributed by atoms with Crippen LogP contribution in [0.4, 0.5) is 17.6 Å². The molecule has 0 aliphatic rings. The average molecular weight is 507 g/mol. The molecule has 0 unspecified atom stereocenters. The van der Waals surface area contributed by atoms with Crippen molar-refractivity contribution >= 4 is 0 Å². The summed E-state index contributed by atoms with van der Waals surface area (Å²) in [7, 11) is 0. The molecule has 1 nitrogen and oxygen atoms in total. The van der Waals surface area contributed by atoms with E-state index in [1.54, 1.807) is 48.5 Å². The van der Waals surface area contributed by atoms with Crippen molar-refractivity contribution in [3.63, 3.8) is 0 Å². The van der Waals surface area contributed by atoms with E-state index in [1.807, 2.05) is 6.07 Å². The Morgan fingerprint density at radius 3 is 1.57 bits per heavy atom. The van der Waals surface area contributed by atoms with E-state index in [0.717, 1.165) is 50.5 Å². The van der Waals surface area contributed by atoms with E-state index in [1.165, 1.54) is 30.3 Å². The molecular formula is C32H30F4O. The second-order valence-electron chi connectivity index (χ2n) is 9.19. The van der Waals surface area contributed by atoms with Gasteiger partial charge in [-0.3, -0.25) is 0 Å². The van der Waals surface area contributed by atoms with Gasteiger partial charge in [0.15, 0.2) is 0 Å². The van der Waals surface area contributed by atoms with E-state index in [4.69, 9.17) is 4.74 Å². The highest BCUT2D eigenvalue weighted by atomic mass is 19.1. The zero-order chi connectivity index (χ0) is 26.0. The van der Waals surface area contributed by atoms with Crippen molar-refractivity contribution in [3.8, 4) is 28.0 Å². The first kappa shape index (κ1) is 26.5. The van der Waals surface area contributed by atoms with Crippen molar-refractivity contribution in [1.29, 1.82) is 0 Å². The lowest BCUT2D eigenvalue weighted by molar-refractivity contribution is 0.303. The van der Waals surface area contributed by atoms with Gasteiger partial charge in [0.1, 0.15) is 29.0 Å². The van der Waals surface area contributed by atoms with Crippen LogP contribution in [0.2, 0.25) is 0 Å². The van der Waals surface area contributed by atoms with Crippen molar-refractivity contribution in [3.05, 3.63) is 114 Å². The van der Waals surface area contributed by atoms with Gasteiger partial charge in [0, 0.05) is 17.2 Å². The van der Waals surface area contributed by atoms with E-state index >= 15 is 0 Å². The fourth-order valence-corrected chi connectivity index (χ4v) is 4.36. The second kappa shape index (κ2) is 13.1. The number of benzene rings is 4. The fraction of sp³-hybridized carbons (Fsp3) is 0.250. The summed E-state index contributed by atoms with van der Waals surface area (Å²) < 4.78 is 60.8. The van der Waals surface area contributed by atoms with Crippen LogP contribution in [0.5, 0.6) is 5.75 Å². The maximum atomic E-state index is 14.5. The molecule has 0 fully saturated rings. The van der Waals surface area contributed by atoms with Gasteiger partial charge in [-0.2, -0.15) is 0 Å². The van der Waals surface area contributed by atoms with Crippen LogP contribution < -0.4 is 4.74 Å². The predicted molar refractivity (Wildman–Crippen MR) is 140 cm³/mol. The maximum Gasteiger partial charge on any atom is 0.134 e. The van der Waals surface area contributed by atoms with E-state index in [-0.39, 0.29) is 17.5 Å². The summed E-state index contributed by atoms with van der Waals surface area (Å²) in [6, 6.07) is 21.6. The van der Waals surface area contributed by atoms with Crippen LogP contribution in [-0.4, -0.2) is 6.61 Å². The summed E-state index contributed by atoms with van der Waals surface area (Å²) in [5, 5.41) is 0. The molecule has 4 rings (SSSR count). The molecule has 4 aromatic rings. The predicted octanol–water partition coefficient (Wildman–Crippen LogP) is 9.54. The fourth-order valence-electron chi connectivity index (χ4n) is 4.36. The van der Waals surface area contributed by atoms with Crippen LogP contribution in [-0.2, 0) is 6.42 Å². The van der Waals surface area contributed by atoms with Crippen LogP contribution in [0.3, 0.4) is 0 Å². The molecule has 0 aromatic heterocycles. The van der Waals surface area contributed by atoms with Crippen LogP contribution in [0.15, 0.2) is 84.9 Å². The highest BCUT2D eigenvalue weighted by Gasteiger charge is 2.08. The maximum absolute atomic E-state index is 14.5. The summed E-state index contributed by atoms with van der Waals surface area (Å²) in [6.45, 7) is 0.523. The van der Waals surface area contributed by atoms with Gasteiger partial charge in [-0.1, -0.05) is 62.1 Å². The lowest BCUT2D eigenvalue weighted by atomic mass is 10.00. The molecule has 0 aliphatic heterocycles. The van der Waals surface area contributed by atoms with Gasteiger partial charge in [-0.05, 0) is 78.4 Å². The molecule has 4 aromatic carbocycles. The van der Waals surface area contributed by atoms with E-state index in [9.17, 15) is 17.6 Å². The first-order valence-corrected chi connectivity index (χ1v) is 12.7. The molecule has 0 atom stereocenters. The number of aryl methyl sites for hydroxylation is 1. The Morgan fingerprint density at radius 2 is 1.00 bits per heavy atom. The highest BCUT2D eigenvalue weighted by Crippen LogP contribution is 2.27. The quantitative estimate of drug-likeness (QED) is 0.137. The molecule has 0 spiro atoms. The van der Waals surface area contributed by atoms with Gasteiger partial charge in [-0.15, -0.1) is 0 Å². The molecule has 0 bridgehead atoms. The molecule has 5 heteroatoms. The third-order valence-corrected chi connectivity index (χ3v) is 6.41. The Kier molecular flexibility index (Phi) is 9.36. The number of hydrogen-bond donors (Lipinski definition) is 0. The lowest BCUT2D eigenvalue weighted by Crippen LogP contribution is -1.98. The molecule has 0 heterocycles. The highest BCUT2D eigenvalue weighted by molar-refractivity contribution is 5.65. The standard InChI is InChI=1S/C32H30F4O/c33-26-13-9-24(10-14-26)29-18-8-23(21-31(29)35)7-5-3-1-2-4-6-20-37-28-17-19-30(32(36)22-28)25-11-15-27(34)16-12-25/h8-19,21-22H,1-7,20H2. The minimum Gasteiger partial charge on any atom is -0.493 e. The Hall–Kier alpha value is -3.60. The Labute approximate surface area is 215 Å². The number of hydrogen-bond acceptors (Lipinski definition) is 1. The smallest absolute Gasteiger partial charge is 0.134 e. The van der Waals surface area contributed by atoms with Gasteiger partial charge >= 0.3 is 0 Å². The topological polar surface area (TPSA) is 9.23 Å². The van der Waals surface area contributed by atoms with Gasteiger partial charge in [0.25, 0.3) is 0 Å². The molecule has 0 N–H and O–H groups in total. The van der Waals surface area contributed by atoms with Crippen molar-refractivity contribution in [2.45, 2.75) is 44.9 Å². The monoisotopic (exact) mass is 506 g/mol. The minimum absolute atomic E-state index is 0.283. The summed E-state index contributed by atoms with van der Waals surface area (Å²) in [5.41, 5.74) is 3.16. The second-order valence-corrected chi connectivity index (χ2v) is 9.19. The Morgan fingerprint density at radius 1 is 0.486 bits per heavy atom. The van der Waals surface area contributed by atoms with Crippen molar-refractivity contribution in [2.75, 3.05) is 6.61 Å². The molecule has 0 aliphatic carbocycles. The molecule has 0 saturated carbocycles. The normalized spacial score (nSPS) is 11.0. The molecule has 192 valence electrons. The summed E-state index contributed by atoms with van der Waals surface area (Å²) in [4.78, 5) is 0. The lowest BCUT2D eigenvalue weighted by Gasteiger charge is -2.09. The van der Waals surface area contributed by atoms with Gasteiger partial charge < -0.3 is 4.74 Å². The van der Waals surface area contributed by atoms with Crippen LogP contribution in [0.25, 0.3) is 22.3 Å². The molecule has 0 radical (unpaired) electrons. The third-order valence-electron chi connectivity index (χ3n) is 6.41. The molecule has 0 saturated heterocycles. The van der Waals surface area contributed by atoms with E-state index < -0.39 is 5.82 Å². The first-order valence-electron chi connectivity index (χ1n) is 12.7. The first-order chi connectivity index (χ1) is 18.0. The summed E-state index contributed by atoms with van der Waals surface area (Å²) >= 11 is 0. The van der Waals surface area contributed by atoms with Gasteiger partial charge in [-0.25, -0.2) is 17.6 Å². The molecular weight excluding hydrogens is 476 g/mol. The van der Waals surface area contributed by atoms with Crippen molar-refractivity contribution in [2.24, 2.45) is 0 Å². The zero-order valence-corrected chi connectivity index (χ0v) is 20.7. The van der Waals surface area contributed by atoms with Crippen molar-refractivity contribution < 1.29 is 22.3 Å². The third kappa shape index (κ3) is 7.69. The SMILES string of the molecule is Fc1ccc(-c2ccc(CCCCCCCCOc3ccc(-c4ccc(F)cc4)c(F)c3)cc2F)cc1. The van der Waals surface area contributed by atoms with Crippen LogP contribution in [0.1, 0.15) is 44.1 Å². The zero-order valence-electron chi connectivity index (χ0n) is 20.7. The van der Waals surface area contributed by atoms with E-state index in [2.05, 4.69) is 0 Å². The van der Waals surface area contributed by atoms with Crippen LogP contribution >= 0.6 is 0 Å². The Bertz CT molecular complexity index is 1180. The minimum atomic E-state index is -0.394. The molecule has 37 heavy (non-hydrogen) atoms. The molecule has 0 amide bonds. The summed E-state index contributed by atoms with van der Waals surface area (Å²) in [6.07, 6.45) is 6.97. The number of halogens is 4. The van der Waals surface area contributed by atoms with Crippen LogP contribution in [0, 0.1) is 23.3 Å². The number of rotatable bonds is 12. The largest absolute Gasteiger partial charge is 0.493 e. The van der Waals surface area contributed by atoms with Gasteiger partial charge in [0.05, 0.1) is 6.61 Å². The number of unbranched alkanes of at least 4 members (excludes halogenated alkanes) is 5. The summed E-state index contributed by atoms with van der Waals surface area (Å²) in [5.74, 6) is -0.879. The van der Waals surface area contributed by atoms with Gasteiger partial charge in [0.2, 0.25) is 0 Å².